The first-order valence-corrected chi connectivity index (χ1v) is 6.19. The summed E-state index contributed by atoms with van der Waals surface area (Å²) < 4.78 is 2.11. The van der Waals surface area contributed by atoms with Crippen LogP contribution in [0.15, 0.2) is 36.7 Å². The van der Waals surface area contributed by atoms with Crippen molar-refractivity contribution in [2.75, 3.05) is 5.32 Å². The van der Waals surface area contributed by atoms with Crippen molar-refractivity contribution in [3.8, 4) is 6.07 Å². The molecule has 92 valence electrons. The SMILES string of the molecule is CCn1ccc(CNc2cc(Cl)ccc2C#N)c1. The first-order valence-electron chi connectivity index (χ1n) is 5.81. The van der Waals surface area contributed by atoms with Crippen LogP contribution in [0.25, 0.3) is 0 Å². The van der Waals surface area contributed by atoms with Crippen LogP contribution in [0.1, 0.15) is 18.1 Å². The Hall–Kier alpha value is -1.92. The molecule has 2 rings (SSSR count). The maximum Gasteiger partial charge on any atom is 0.101 e. The number of nitrogens with zero attached hydrogens (tertiary/aromatic N) is 2. The summed E-state index contributed by atoms with van der Waals surface area (Å²) in [5.41, 5.74) is 2.56. The standard InChI is InChI=1S/C14H14ClN3/c1-2-18-6-5-11(10-18)9-17-14-7-13(15)4-3-12(14)8-16/h3-7,10,17H,2,9H2,1H3. The summed E-state index contributed by atoms with van der Waals surface area (Å²) in [5.74, 6) is 0. The monoisotopic (exact) mass is 259 g/mol. The average Bonchev–Trinajstić information content (AvgIpc) is 2.84. The van der Waals surface area contributed by atoms with Gasteiger partial charge in [0.2, 0.25) is 0 Å². The summed E-state index contributed by atoms with van der Waals surface area (Å²) in [6, 6.07) is 9.43. The molecule has 0 fully saturated rings. The van der Waals surface area contributed by atoms with Crippen molar-refractivity contribution in [1.29, 1.82) is 5.26 Å². The third kappa shape index (κ3) is 2.85. The van der Waals surface area contributed by atoms with E-state index in [1.54, 1.807) is 18.2 Å². The molecule has 0 unspecified atom stereocenters. The van der Waals surface area contributed by atoms with Gasteiger partial charge in [0.1, 0.15) is 6.07 Å². The molecule has 0 saturated carbocycles. The van der Waals surface area contributed by atoms with Crippen molar-refractivity contribution >= 4 is 17.3 Å². The summed E-state index contributed by atoms with van der Waals surface area (Å²) in [7, 11) is 0. The molecule has 1 aromatic heterocycles. The molecule has 0 spiro atoms. The smallest absolute Gasteiger partial charge is 0.101 e. The summed E-state index contributed by atoms with van der Waals surface area (Å²) in [4.78, 5) is 0. The van der Waals surface area contributed by atoms with Gasteiger partial charge in [-0.05, 0) is 36.8 Å². The quantitative estimate of drug-likeness (QED) is 0.911. The van der Waals surface area contributed by atoms with Crippen molar-refractivity contribution in [1.82, 2.24) is 4.57 Å². The van der Waals surface area contributed by atoms with Gasteiger partial charge in [-0.15, -0.1) is 0 Å². The van der Waals surface area contributed by atoms with Crippen LogP contribution in [-0.4, -0.2) is 4.57 Å². The minimum Gasteiger partial charge on any atom is -0.380 e. The zero-order valence-corrected chi connectivity index (χ0v) is 10.9. The Labute approximate surface area is 112 Å². The van der Waals surface area contributed by atoms with Crippen LogP contribution >= 0.6 is 11.6 Å². The predicted octanol–water partition coefficient (Wildman–Crippen LogP) is 3.65. The molecule has 0 radical (unpaired) electrons. The molecular weight excluding hydrogens is 246 g/mol. The van der Waals surface area contributed by atoms with Crippen molar-refractivity contribution in [2.45, 2.75) is 20.0 Å². The molecule has 0 aliphatic carbocycles. The molecule has 3 nitrogen and oxygen atoms in total. The van der Waals surface area contributed by atoms with Crippen molar-refractivity contribution in [2.24, 2.45) is 0 Å². The number of nitrogens with one attached hydrogen (secondary N) is 1. The van der Waals surface area contributed by atoms with E-state index in [4.69, 9.17) is 16.9 Å². The van der Waals surface area contributed by atoms with Gasteiger partial charge < -0.3 is 9.88 Å². The summed E-state index contributed by atoms with van der Waals surface area (Å²) in [6.45, 7) is 3.74. The maximum absolute atomic E-state index is 9.01. The van der Waals surface area contributed by atoms with E-state index in [1.165, 1.54) is 5.56 Å². The highest BCUT2D eigenvalue weighted by Gasteiger charge is 2.03. The highest BCUT2D eigenvalue weighted by molar-refractivity contribution is 6.30. The van der Waals surface area contributed by atoms with Gasteiger partial charge >= 0.3 is 0 Å². The molecule has 1 aromatic carbocycles. The van der Waals surface area contributed by atoms with Gasteiger partial charge in [-0.2, -0.15) is 5.26 Å². The Morgan fingerprint density at radius 2 is 2.22 bits per heavy atom. The van der Waals surface area contributed by atoms with E-state index in [9.17, 15) is 0 Å². The van der Waals surface area contributed by atoms with Gasteiger partial charge in [-0.1, -0.05) is 11.6 Å². The number of halogens is 1. The van der Waals surface area contributed by atoms with Crippen LogP contribution in [0.5, 0.6) is 0 Å². The number of aryl methyl sites for hydroxylation is 1. The molecule has 0 bridgehead atoms. The van der Waals surface area contributed by atoms with Crippen LogP contribution in [0.3, 0.4) is 0 Å². The van der Waals surface area contributed by atoms with Crippen molar-refractivity contribution in [3.05, 3.63) is 52.8 Å². The number of rotatable bonds is 4. The summed E-state index contributed by atoms with van der Waals surface area (Å²) in [5, 5.41) is 12.9. The second-order valence-electron chi connectivity index (χ2n) is 4.01. The maximum atomic E-state index is 9.01. The van der Waals surface area contributed by atoms with E-state index in [-0.39, 0.29) is 0 Å². The van der Waals surface area contributed by atoms with Gasteiger partial charge in [-0.25, -0.2) is 0 Å². The lowest BCUT2D eigenvalue weighted by atomic mass is 10.2. The molecule has 1 N–H and O–H groups in total. The molecule has 0 amide bonds. The van der Waals surface area contributed by atoms with Crippen LogP contribution in [0.2, 0.25) is 5.02 Å². The van der Waals surface area contributed by atoms with Crippen LogP contribution in [-0.2, 0) is 13.1 Å². The molecule has 0 aliphatic heterocycles. The molecule has 4 heteroatoms. The van der Waals surface area contributed by atoms with Crippen molar-refractivity contribution in [3.63, 3.8) is 0 Å². The zero-order chi connectivity index (χ0) is 13.0. The molecule has 0 atom stereocenters. The van der Waals surface area contributed by atoms with Crippen LogP contribution in [0.4, 0.5) is 5.69 Å². The lowest BCUT2D eigenvalue weighted by molar-refractivity contribution is 0.766. The first-order chi connectivity index (χ1) is 8.72. The molecule has 0 saturated heterocycles. The lowest BCUT2D eigenvalue weighted by Crippen LogP contribution is -2.00. The predicted molar refractivity (Wildman–Crippen MR) is 73.6 cm³/mol. The van der Waals surface area contributed by atoms with Crippen LogP contribution in [0, 0.1) is 11.3 Å². The lowest BCUT2D eigenvalue weighted by Gasteiger charge is -2.07. The van der Waals surface area contributed by atoms with Gasteiger partial charge in [0, 0.05) is 30.5 Å². The number of hydrogen-bond donors (Lipinski definition) is 1. The van der Waals surface area contributed by atoms with Gasteiger partial charge in [-0.3, -0.25) is 0 Å². The largest absolute Gasteiger partial charge is 0.380 e. The second-order valence-corrected chi connectivity index (χ2v) is 4.44. The zero-order valence-electron chi connectivity index (χ0n) is 10.2. The van der Waals surface area contributed by atoms with E-state index in [0.29, 0.717) is 17.1 Å². The number of benzene rings is 1. The Bertz CT molecular complexity index is 581. The third-order valence-electron chi connectivity index (χ3n) is 2.76. The Morgan fingerprint density at radius 1 is 1.39 bits per heavy atom. The minimum absolute atomic E-state index is 0.606. The topological polar surface area (TPSA) is 40.8 Å². The van der Waals surface area contributed by atoms with Crippen LogP contribution < -0.4 is 5.32 Å². The Balaban J connectivity index is 2.10. The van der Waals surface area contributed by atoms with Gasteiger partial charge in [0.05, 0.1) is 11.3 Å². The average molecular weight is 260 g/mol. The first kappa shape index (κ1) is 12.5. The highest BCUT2D eigenvalue weighted by Crippen LogP contribution is 2.21. The number of nitriles is 1. The number of hydrogen-bond acceptors (Lipinski definition) is 2. The fraction of sp³-hybridized carbons (Fsp3) is 0.214. The molecule has 1 heterocycles. The fourth-order valence-corrected chi connectivity index (χ4v) is 1.92. The van der Waals surface area contributed by atoms with E-state index in [1.807, 2.05) is 6.20 Å². The Kier molecular flexibility index (Phi) is 3.91. The van der Waals surface area contributed by atoms with Gasteiger partial charge in [0.25, 0.3) is 0 Å². The van der Waals surface area contributed by atoms with E-state index in [0.717, 1.165) is 12.2 Å². The highest BCUT2D eigenvalue weighted by atomic mass is 35.5. The molecule has 18 heavy (non-hydrogen) atoms. The van der Waals surface area contributed by atoms with E-state index >= 15 is 0 Å². The third-order valence-corrected chi connectivity index (χ3v) is 3.00. The molecular formula is C14H14ClN3. The van der Waals surface area contributed by atoms with Gasteiger partial charge in [0.15, 0.2) is 0 Å². The fourth-order valence-electron chi connectivity index (χ4n) is 1.75. The van der Waals surface area contributed by atoms with E-state index in [2.05, 4.69) is 35.1 Å². The Morgan fingerprint density at radius 3 is 2.89 bits per heavy atom. The minimum atomic E-state index is 0.606. The second kappa shape index (κ2) is 5.61. The summed E-state index contributed by atoms with van der Waals surface area (Å²) >= 11 is 5.93. The normalized spacial score (nSPS) is 10.1. The number of aromatic nitrogens is 1. The number of anilines is 1. The summed E-state index contributed by atoms with van der Waals surface area (Å²) in [6.07, 6.45) is 4.13. The molecule has 2 aromatic rings. The van der Waals surface area contributed by atoms with E-state index < -0.39 is 0 Å². The molecule has 0 aliphatic rings. The van der Waals surface area contributed by atoms with Crippen molar-refractivity contribution < 1.29 is 0 Å².